The first kappa shape index (κ1) is 76.3. The fourth-order valence-corrected chi connectivity index (χ4v) is 10.8. The second-order valence-corrected chi connectivity index (χ2v) is 25.2. The number of carbonyl (C=O) groups excluding carboxylic acids is 3. The number of carboxylic acids is 1. The van der Waals surface area contributed by atoms with Crippen molar-refractivity contribution in [2.75, 3.05) is 47.5 Å². The molecule has 0 aromatic rings. The van der Waals surface area contributed by atoms with Gasteiger partial charge in [-0.15, -0.1) is 0 Å². The summed E-state index contributed by atoms with van der Waals surface area (Å²) in [5, 5.41) is 11.8. The van der Waals surface area contributed by atoms with Crippen LogP contribution < -0.4 is 5.11 Å². The van der Waals surface area contributed by atoms with Crippen molar-refractivity contribution < 1.29 is 42.9 Å². The molecule has 0 aromatic carbocycles. The van der Waals surface area contributed by atoms with Crippen LogP contribution in [-0.4, -0.2) is 82.3 Å². The Kier molecular flexibility index (Phi) is 60.0. The highest BCUT2D eigenvalue weighted by atomic mass is 16.7. The van der Waals surface area contributed by atoms with Crippen molar-refractivity contribution in [2.24, 2.45) is 0 Å². The van der Waals surface area contributed by atoms with Gasteiger partial charge in [0, 0.05) is 12.8 Å². The number of carbonyl (C=O) groups is 3. The average molecular weight is 1110 g/mol. The summed E-state index contributed by atoms with van der Waals surface area (Å²) in [6.07, 6.45) is 69.1. The van der Waals surface area contributed by atoms with E-state index < -0.39 is 24.3 Å². The Morgan fingerprint density at radius 3 is 0.821 bits per heavy atom. The van der Waals surface area contributed by atoms with Gasteiger partial charge in [-0.1, -0.05) is 341 Å². The molecule has 0 saturated carbocycles. The second-order valence-electron chi connectivity index (χ2n) is 25.2. The standard InChI is InChI=1S/C69H135NO8/c1-6-8-10-12-14-16-18-20-22-24-26-28-29-30-31-32-33-34-35-36-37-38-40-42-44-46-48-50-52-54-56-58-60-67(72)78-65(64-77-69(68(73)74)75-62-61-70(3,4)5)63-76-66(71)59-57-55-53-51-49-47-45-43-41-39-27-25-23-21-19-17-15-13-11-9-7-2/h65,69H,6-64H2,1-5H3. The summed E-state index contributed by atoms with van der Waals surface area (Å²) in [6, 6.07) is 0. The summed E-state index contributed by atoms with van der Waals surface area (Å²) >= 11 is 0. The molecule has 464 valence electrons. The Balaban J connectivity index is 4.02. The number of aliphatic carboxylic acids is 1. The zero-order valence-corrected chi connectivity index (χ0v) is 53.1. The Morgan fingerprint density at radius 2 is 0.577 bits per heavy atom. The van der Waals surface area contributed by atoms with E-state index in [1.54, 1.807) is 0 Å². The normalized spacial score (nSPS) is 12.6. The van der Waals surface area contributed by atoms with Crippen LogP contribution in [0.5, 0.6) is 0 Å². The molecule has 0 saturated heterocycles. The molecular formula is C69H135NO8. The van der Waals surface area contributed by atoms with Gasteiger partial charge in [-0.25, -0.2) is 0 Å². The number of carboxylic acid groups (broad SMARTS) is 1. The van der Waals surface area contributed by atoms with Crippen LogP contribution in [0.25, 0.3) is 0 Å². The van der Waals surface area contributed by atoms with E-state index in [9.17, 15) is 19.5 Å². The van der Waals surface area contributed by atoms with Crippen LogP contribution in [0.1, 0.15) is 367 Å². The van der Waals surface area contributed by atoms with Crippen LogP contribution in [0.4, 0.5) is 0 Å². The minimum absolute atomic E-state index is 0.154. The lowest BCUT2D eigenvalue weighted by molar-refractivity contribution is -0.870. The number of hydrogen-bond donors (Lipinski definition) is 0. The van der Waals surface area contributed by atoms with Crippen LogP contribution >= 0.6 is 0 Å². The Morgan fingerprint density at radius 1 is 0.333 bits per heavy atom. The van der Waals surface area contributed by atoms with Gasteiger partial charge in [0.1, 0.15) is 13.2 Å². The van der Waals surface area contributed by atoms with Crippen molar-refractivity contribution in [3.8, 4) is 0 Å². The number of quaternary nitrogens is 1. The van der Waals surface area contributed by atoms with E-state index in [4.69, 9.17) is 18.9 Å². The van der Waals surface area contributed by atoms with Crippen molar-refractivity contribution in [3.63, 3.8) is 0 Å². The first-order valence-corrected chi connectivity index (χ1v) is 34.7. The van der Waals surface area contributed by atoms with E-state index in [0.29, 0.717) is 17.4 Å². The number of unbranched alkanes of at least 4 members (excludes halogenated alkanes) is 51. The summed E-state index contributed by atoms with van der Waals surface area (Å²) in [6.45, 7) is 4.84. The van der Waals surface area contributed by atoms with Gasteiger partial charge in [0.15, 0.2) is 12.4 Å². The van der Waals surface area contributed by atoms with Gasteiger partial charge >= 0.3 is 11.9 Å². The summed E-state index contributed by atoms with van der Waals surface area (Å²) in [5.74, 6) is -2.24. The molecule has 0 heterocycles. The Hall–Kier alpha value is -1.71. The summed E-state index contributed by atoms with van der Waals surface area (Å²) in [7, 11) is 5.95. The third kappa shape index (κ3) is 61.9. The van der Waals surface area contributed by atoms with E-state index in [-0.39, 0.29) is 32.2 Å². The van der Waals surface area contributed by atoms with Crippen LogP contribution in [-0.2, 0) is 33.3 Å². The molecule has 0 aliphatic rings. The zero-order chi connectivity index (χ0) is 56.9. The molecule has 2 atom stereocenters. The van der Waals surface area contributed by atoms with Crippen LogP contribution in [0, 0.1) is 0 Å². The second kappa shape index (κ2) is 61.4. The summed E-state index contributed by atoms with van der Waals surface area (Å²) in [4.78, 5) is 37.4. The molecule has 0 bridgehead atoms. The maximum atomic E-state index is 12.9. The van der Waals surface area contributed by atoms with Gasteiger partial charge in [-0.3, -0.25) is 9.59 Å². The first-order valence-electron chi connectivity index (χ1n) is 34.7. The van der Waals surface area contributed by atoms with E-state index >= 15 is 0 Å². The molecule has 9 nitrogen and oxygen atoms in total. The molecule has 0 rings (SSSR count). The summed E-state index contributed by atoms with van der Waals surface area (Å²) < 4.78 is 22.8. The molecule has 78 heavy (non-hydrogen) atoms. The van der Waals surface area contributed by atoms with Crippen LogP contribution in [0.3, 0.4) is 0 Å². The van der Waals surface area contributed by atoms with E-state index in [1.807, 2.05) is 21.1 Å². The molecule has 9 heteroatoms. The average Bonchev–Trinajstić information content (AvgIpc) is 3.41. The van der Waals surface area contributed by atoms with Gasteiger partial charge < -0.3 is 33.3 Å². The van der Waals surface area contributed by atoms with Gasteiger partial charge in [0.25, 0.3) is 0 Å². The molecule has 0 amide bonds. The van der Waals surface area contributed by atoms with Gasteiger partial charge in [-0.2, -0.15) is 0 Å². The monoisotopic (exact) mass is 1110 g/mol. The number of esters is 2. The fourth-order valence-electron chi connectivity index (χ4n) is 10.8. The van der Waals surface area contributed by atoms with Crippen molar-refractivity contribution in [1.82, 2.24) is 0 Å². The minimum atomic E-state index is -1.62. The lowest BCUT2D eigenvalue weighted by atomic mass is 10.0. The maximum absolute atomic E-state index is 12.9. The van der Waals surface area contributed by atoms with Crippen molar-refractivity contribution in [2.45, 2.75) is 379 Å². The van der Waals surface area contributed by atoms with Crippen molar-refractivity contribution >= 4 is 17.9 Å². The molecule has 0 spiro atoms. The smallest absolute Gasteiger partial charge is 0.306 e. The molecular weight excluding hydrogens is 971 g/mol. The molecule has 2 unspecified atom stereocenters. The summed E-state index contributed by atoms with van der Waals surface area (Å²) in [5.41, 5.74) is 0. The third-order valence-electron chi connectivity index (χ3n) is 16.1. The highest BCUT2D eigenvalue weighted by Crippen LogP contribution is 2.19. The van der Waals surface area contributed by atoms with Gasteiger partial charge in [0.2, 0.25) is 0 Å². The SMILES string of the molecule is CCCCCCCCCCCCCCCCCCCCCCCCCCCCCCCCCCC(=O)OC(COC(=O)CCCCCCCCCCCCCCCCCCCCCCC)COC(OCC[N+](C)(C)C)C(=O)[O-]. The number of likely N-dealkylation sites (N-methyl/N-ethyl adjacent to an activating group) is 1. The van der Waals surface area contributed by atoms with Crippen LogP contribution in [0.15, 0.2) is 0 Å². The molecule has 0 radical (unpaired) electrons. The lowest BCUT2D eigenvalue weighted by Crippen LogP contribution is -2.44. The van der Waals surface area contributed by atoms with E-state index in [2.05, 4.69) is 13.8 Å². The highest BCUT2D eigenvalue weighted by Gasteiger charge is 2.22. The molecule has 0 aromatic heterocycles. The first-order chi connectivity index (χ1) is 38.1. The van der Waals surface area contributed by atoms with Gasteiger partial charge in [-0.05, 0) is 12.8 Å². The number of ether oxygens (including phenoxy) is 4. The molecule has 0 N–H and O–H groups in total. The molecule has 0 aliphatic heterocycles. The van der Waals surface area contributed by atoms with Gasteiger partial charge in [0.05, 0.1) is 40.3 Å². The highest BCUT2D eigenvalue weighted by molar-refractivity contribution is 5.70. The topological polar surface area (TPSA) is 111 Å². The Labute approximate surface area is 485 Å². The fraction of sp³-hybridized carbons (Fsp3) is 0.957. The number of nitrogens with zero attached hydrogens (tertiary/aromatic N) is 1. The van der Waals surface area contributed by atoms with Crippen LogP contribution in [0.2, 0.25) is 0 Å². The maximum Gasteiger partial charge on any atom is 0.306 e. The Bertz CT molecular complexity index is 1240. The van der Waals surface area contributed by atoms with E-state index in [1.165, 1.54) is 302 Å². The lowest BCUT2D eigenvalue weighted by Gasteiger charge is -2.26. The molecule has 0 aliphatic carbocycles. The van der Waals surface area contributed by atoms with E-state index in [0.717, 1.165) is 38.5 Å². The van der Waals surface area contributed by atoms with Crippen molar-refractivity contribution in [1.29, 1.82) is 0 Å². The predicted molar refractivity (Wildman–Crippen MR) is 330 cm³/mol. The zero-order valence-electron chi connectivity index (χ0n) is 53.1. The quantitative estimate of drug-likeness (QED) is 0.0256. The largest absolute Gasteiger partial charge is 0.545 e. The number of rotatable bonds is 66. The predicted octanol–water partition coefficient (Wildman–Crippen LogP) is 19.8. The van der Waals surface area contributed by atoms with Crippen molar-refractivity contribution in [3.05, 3.63) is 0 Å². The molecule has 0 fully saturated rings. The number of hydrogen-bond acceptors (Lipinski definition) is 8. The minimum Gasteiger partial charge on any atom is -0.545 e. The third-order valence-corrected chi connectivity index (χ3v) is 16.1.